The molecule has 17 heavy (non-hydrogen) atoms. The number of aromatic nitrogens is 2. The van der Waals surface area contributed by atoms with Gasteiger partial charge in [-0.25, -0.2) is 9.97 Å². The van der Waals surface area contributed by atoms with E-state index in [2.05, 4.69) is 31.2 Å². The highest BCUT2D eigenvalue weighted by Gasteiger charge is 2.23. The first-order chi connectivity index (χ1) is 8.18. The third-order valence-corrected chi connectivity index (χ3v) is 4.41. The summed E-state index contributed by atoms with van der Waals surface area (Å²) in [5.41, 5.74) is 0. The van der Waals surface area contributed by atoms with Crippen molar-refractivity contribution in [3.05, 3.63) is 16.0 Å². The Balaban J connectivity index is 1.95. The SMILES string of the molecule is OC1CCCCC1CNc1ncnc(Cl)c1Br. The van der Waals surface area contributed by atoms with Crippen LogP contribution in [0.1, 0.15) is 25.7 Å². The number of hydrogen-bond acceptors (Lipinski definition) is 4. The molecule has 0 radical (unpaired) electrons. The second kappa shape index (κ2) is 5.98. The summed E-state index contributed by atoms with van der Waals surface area (Å²) in [6.07, 6.45) is 5.50. The van der Waals surface area contributed by atoms with Gasteiger partial charge in [0.15, 0.2) is 0 Å². The van der Waals surface area contributed by atoms with E-state index in [4.69, 9.17) is 11.6 Å². The van der Waals surface area contributed by atoms with Gasteiger partial charge in [-0.2, -0.15) is 0 Å². The predicted octanol–water partition coefficient (Wildman–Crippen LogP) is 2.86. The Bertz CT molecular complexity index is 391. The molecule has 2 rings (SSSR count). The molecule has 1 saturated carbocycles. The Labute approximate surface area is 114 Å². The first-order valence-electron chi connectivity index (χ1n) is 5.76. The topological polar surface area (TPSA) is 58.0 Å². The van der Waals surface area contributed by atoms with Crippen LogP contribution in [0.3, 0.4) is 0 Å². The van der Waals surface area contributed by atoms with Crippen LogP contribution in [-0.2, 0) is 0 Å². The van der Waals surface area contributed by atoms with Crippen LogP contribution in [0.4, 0.5) is 5.82 Å². The summed E-state index contributed by atoms with van der Waals surface area (Å²) < 4.78 is 0.673. The quantitative estimate of drug-likeness (QED) is 0.841. The zero-order valence-corrected chi connectivity index (χ0v) is 11.7. The average molecular weight is 321 g/mol. The standard InChI is InChI=1S/C11H15BrClN3O/c12-9-10(13)15-6-16-11(9)14-5-7-3-1-2-4-8(7)17/h6-8,17H,1-5H2,(H,14,15,16). The summed E-state index contributed by atoms with van der Waals surface area (Å²) in [7, 11) is 0. The molecule has 0 aliphatic heterocycles. The van der Waals surface area contributed by atoms with Gasteiger partial charge in [0.05, 0.1) is 10.6 Å². The van der Waals surface area contributed by atoms with Gasteiger partial charge in [0.2, 0.25) is 0 Å². The molecule has 6 heteroatoms. The van der Waals surface area contributed by atoms with E-state index in [1.165, 1.54) is 12.7 Å². The van der Waals surface area contributed by atoms with Gasteiger partial charge in [0, 0.05) is 12.5 Å². The summed E-state index contributed by atoms with van der Waals surface area (Å²) in [5.74, 6) is 0.979. The highest BCUT2D eigenvalue weighted by Crippen LogP contribution is 2.28. The maximum atomic E-state index is 9.86. The van der Waals surface area contributed by atoms with Crippen molar-refractivity contribution < 1.29 is 5.11 Å². The van der Waals surface area contributed by atoms with E-state index in [1.54, 1.807) is 0 Å². The highest BCUT2D eigenvalue weighted by atomic mass is 79.9. The minimum absolute atomic E-state index is 0.202. The van der Waals surface area contributed by atoms with E-state index < -0.39 is 0 Å². The maximum absolute atomic E-state index is 9.86. The molecule has 0 aromatic carbocycles. The lowest BCUT2D eigenvalue weighted by atomic mass is 9.86. The summed E-state index contributed by atoms with van der Waals surface area (Å²) >= 11 is 9.22. The van der Waals surface area contributed by atoms with E-state index in [9.17, 15) is 5.11 Å². The van der Waals surface area contributed by atoms with Crippen LogP contribution in [0.2, 0.25) is 5.15 Å². The molecule has 4 nitrogen and oxygen atoms in total. The van der Waals surface area contributed by atoms with Crippen molar-refractivity contribution >= 4 is 33.3 Å². The van der Waals surface area contributed by atoms with Crippen molar-refractivity contribution in [3.8, 4) is 0 Å². The van der Waals surface area contributed by atoms with Gasteiger partial charge in [0.1, 0.15) is 17.3 Å². The summed E-state index contributed by atoms with van der Waals surface area (Å²) in [6.45, 7) is 0.715. The number of aliphatic hydroxyl groups is 1. The molecule has 0 saturated heterocycles. The molecule has 2 atom stereocenters. The molecule has 1 aromatic rings. The molecule has 1 fully saturated rings. The molecule has 94 valence electrons. The third kappa shape index (κ3) is 3.30. The Morgan fingerprint density at radius 3 is 2.94 bits per heavy atom. The number of nitrogens with zero attached hydrogens (tertiary/aromatic N) is 2. The Morgan fingerprint density at radius 1 is 1.41 bits per heavy atom. The average Bonchev–Trinajstić information content (AvgIpc) is 2.33. The second-order valence-electron chi connectivity index (χ2n) is 4.32. The van der Waals surface area contributed by atoms with Crippen molar-refractivity contribution in [2.45, 2.75) is 31.8 Å². The molecule has 0 spiro atoms. The Hall–Kier alpha value is -0.390. The minimum Gasteiger partial charge on any atom is -0.393 e. The molecule has 1 aliphatic rings. The molecular formula is C11H15BrClN3O. The second-order valence-corrected chi connectivity index (χ2v) is 5.47. The highest BCUT2D eigenvalue weighted by molar-refractivity contribution is 9.10. The van der Waals surface area contributed by atoms with Gasteiger partial charge < -0.3 is 10.4 Å². The molecular weight excluding hydrogens is 305 g/mol. The van der Waals surface area contributed by atoms with Crippen molar-refractivity contribution in [2.75, 3.05) is 11.9 Å². The summed E-state index contributed by atoms with van der Waals surface area (Å²) in [5, 5.41) is 13.5. The van der Waals surface area contributed by atoms with Gasteiger partial charge in [-0.3, -0.25) is 0 Å². The zero-order valence-electron chi connectivity index (χ0n) is 9.37. The fourth-order valence-corrected chi connectivity index (χ4v) is 2.60. The van der Waals surface area contributed by atoms with Crippen molar-refractivity contribution in [3.63, 3.8) is 0 Å². The van der Waals surface area contributed by atoms with Gasteiger partial charge in [-0.1, -0.05) is 24.4 Å². The molecule has 2 N–H and O–H groups in total. The van der Waals surface area contributed by atoms with Gasteiger partial charge in [0.25, 0.3) is 0 Å². The largest absolute Gasteiger partial charge is 0.393 e. The monoisotopic (exact) mass is 319 g/mol. The first-order valence-corrected chi connectivity index (χ1v) is 6.93. The van der Waals surface area contributed by atoms with Crippen LogP contribution < -0.4 is 5.32 Å². The van der Waals surface area contributed by atoms with Crippen LogP contribution in [0.25, 0.3) is 0 Å². The fourth-order valence-electron chi connectivity index (χ4n) is 2.13. The van der Waals surface area contributed by atoms with E-state index in [0.29, 0.717) is 27.9 Å². The molecule has 1 aliphatic carbocycles. The van der Waals surface area contributed by atoms with Crippen molar-refractivity contribution in [1.82, 2.24) is 9.97 Å². The van der Waals surface area contributed by atoms with Gasteiger partial charge in [-0.15, -0.1) is 0 Å². The number of aliphatic hydroxyl groups excluding tert-OH is 1. The van der Waals surface area contributed by atoms with Crippen molar-refractivity contribution in [2.24, 2.45) is 5.92 Å². The maximum Gasteiger partial charge on any atom is 0.148 e. The van der Waals surface area contributed by atoms with E-state index in [0.717, 1.165) is 19.3 Å². The van der Waals surface area contributed by atoms with Gasteiger partial charge >= 0.3 is 0 Å². The van der Waals surface area contributed by atoms with E-state index >= 15 is 0 Å². The molecule has 1 aromatic heterocycles. The molecule has 0 amide bonds. The van der Waals surface area contributed by atoms with Crippen LogP contribution in [0, 0.1) is 5.92 Å². The van der Waals surface area contributed by atoms with E-state index in [-0.39, 0.29) is 6.10 Å². The lowest BCUT2D eigenvalue weighted by Crippen LogP contribution is -2.30. The number of rotatable bonds is 3. The Kier molecular flexibility index (Phi) is 4.59. The fraction of sp³-hybridized carbons (Fsp3) is 0.636. The van der Waals surface area contributed by atoms with Crippen molar-refractivity contribution in [1.29, 1.82) is 0 Å². The molecule has 0 bridgehead atoms. The lowest BCUT2D eigenvalue weighted by molar-refractivity contribution is 0.0763. The molecule has 1 heterocycles. The Morgan fingerprint density at radius 2 is 2.18 bits per heavy atom. The number of nitrogens with one attached hydrogen (secondary N) is 1. The van der Waals surface area contributed by atoms with Crippen LogP contribution >= 0.6 is 27.5 Å². The third-order valence-electron chi connectivity index (χ3n) is 3.15. The smallest absolute Gasteiger partial charge is 0.148 e. The summed E-state index contributed by atoms with van der Waals surface area (Å²) in [6, 6.07) is 0. The predicted molar refractivity (Wildman–Crippen MR) is 71.2 cm³/mol. The summed E-state index contributed by atoms with van der Waals surface area (Å²) in [4.78, 5) is 7.98. The van der Waals surface area contributed by atoms with Gasteiger partial charge in [-0.05, 0) is 28.8 Å². The van der Waals surface area contributed by atoms with Crippen LogP contribution in [0.15, 0.2) is 10.8 Å². The van der Waals surface area contributed by atoms with Crippen LogP contribution in [0.5, 0.6) is 0 Å². The zero-order chi connectivity index (χ0) is 12.3. The first kappa shape index (κ1) is 13.1. The van der Waals surface area contributed by atoms with Crippen LogP contribution in [-0.4, -0.2) is 27.7 Å². The normalized spacial score (nSPS) is 24.6. The number of hydrogen-bond donors (Lipinski definition) is 2. The van der Waals surface area contributed by atoms with E-state index in [1.807, 2.05) is 0 Å². The lowest BCUT2D eigenvalue weighted by Gasteiger charge is -2.27. The number of anilines is 1. The molecule has 2 unspecified atom stereocenters. The minimum atomic E-state index is -0.202. The number of halogens is 2.